The molecule has 22 heavy (non-hydrogen) atoms. The lowest BCUT2D eigenvalue weighted by Gasteiger charge is -2.02. The minimum absolute atomic E-state index is 0.127. The molecular formula is C16H11N3O2S. The maximum absolute atomic E-state index is 12.4. The zero-order valence-electron chi connectivity index (χ0n) is 11.5. The van der Waals surface area contributed by atoms with Crippen LogP contribution in [0.4, 0.5) is 0 Å². The number of hydrogen-bond donors (Lipinski definition) is 0. The fourth-order valence-electron chi connectivity index (χ4n) is 2.48. The predicted octanol–water partition coefficient (Wildman–Crippen LogP) is 3.03. The van der Waals surface area contributed by atoms with E-state index in [-0.39, 0.29) is 11.0 Å². The molecule has 0 radical (unpaired) electrons. The van der Waals surface area contributed by atoms with Gasteiger partial charge in [-0.2, -0.15) is 0 Å². The van der Waals surface area contributed by atoms with Gasteiger partial charge in [-0.1, -0.05) is 36.0 Å². The van der Waals surface area contributed by atoms with Crippen molar-refractivity contribution in [1.29, 1.82) is 0 Å². The molecule has 6 heteroatoms. The lowest BCUT2D eigenvalue weighted by molar-refractivity contribution is 0.1000. The Morgan fingerprint density at radius 3 is 2.86 bits per heavy atom. The number of hydrogen-bond acceptors (Lipinski definition) is 6. The van der Waals surface area contributed by atoms with Crippen molar-refractivity contribution in [2.45, 2.75) is 16.9 Å². The molecular weight excluding hydrogens is 298 g/mol. The molecule has 0 aliphatic heterocycles. The summed E-state index contributed by atoms with van der Waals surface area (Å²) >= 11 is 1.32. The van der Waals surface area contributed by atoms with E-state index in [9.17, 15) is 4.79 Å². The summed E-state index contributed by atoms with van der Waals surface area (Å²) in [5.74, 6) is 0.542. The summed E-state index contributed by atoms with van der Waals surface area (Å²) in [4.78, 5) is 16.4. The Kier molecular flexibility index (Phi) is 3.23. The number of benzene rings is 1. The van der Waals surface area contributed by atoms with E-state index >= 15 is 0 Å². The molecule has 2 aromatic heterocycles. The van der Waals surface area contributed by atoms with Gasteiger partial charge in [-0.3, -0.25) is 9.78 Å². The molecule has 2 heterocycles. The zero-order valence-corrected chi connectivity index (χ0v) is 12.3. The van der Waals surface area contributed by atoms with Crippen molar-refractivity contribution >= 4 is 17.5 Å². The number of rotatable bonds is 3. The third-order valence-corrected chi connectivity index (χ3v) is 4.57. The molecule has 1 aliphatic carbocycles. The average molecular weight is 309 g/mol. The van der Waals surface area contributed by atoms with Crippen LogP contribution in [0.3, 0.4) is 0 Å². The SMILES string of the molecule is O=C1c2ccccc2C[C@H]1Sc1nnc(-c2cccnc2)o1. The highest BCUT2D eigenvalue weighted by atomic mass is 32.2. The van der Waals surface area contributed by atoms with Gasteiger partial charge in [0.2, 0.25) is 5.89 Å². The van der Waals surface area contributed by atoms with Gasteiger partial charge in [0.1, 0.15) is 0 Å². The highest BCUT2D eigenvalue weighted by Crippen LogP contribution is 2.34. The number of Topliss-reactive ketones (excluding diaryl/α,β-unsaturated/α-hetero) is 1. The molecule has 1 atom stereocenters. The van der Waals surface area contributed by atoms with Gasteiger partial charge in [-0.15, -0.1) is 10.2 Å². The summed E-state index contributed by atoms with van der Waals surface area (Å²) in [7, 11) is 0. The fourth-order valence-corrected chi connectivity index (χ4v) is 3.44. The van der Waals surface area contributed by atoms with Crippen LogP contribution in [0.2, 0.25) is 0 Å². The number of carbonyl (C=O) groups is 1. The highest BCUT2D eigenvalue weighted by Gasteiger charge is 2.32. The molecule has 0 N–H and O–H groups in total. The second-order valence-corrected chi connectivity index (χ2v) is 6.10. The Balaban J connectivity index is 1.54. The van der Waals surface area contributed by atoms with Crippen molar-refractivity contribution in [1.82, 2.24) is 15.2 Å². The fraction of sp³-hybridized carbons (Fsp3) is 0.125. The Morgan fingerprint density at radius 2 is 2.05 bits per heavy atom. The van der Waals surface area contributed by atoms with Gasteiger partial charge in [0.15, 0.2) is 5.78 Å². The largest absolute Gasteiger partial charge is 0.411 e. The molecule has 0 amide bonds. The molecule has 108 valence electrons. The number of pyridine rings is 1. The minimum Gasteiger partial charge on any atom is -0.411 e. The number of carbonyl (C=O) groups excluding carboxylic acids is 1. The summed E-state index contributed by atoms with van der Waals surface area (Å²) in [6, 6.07) is 11.4. The zero-order chi connectivity index (χ0) is 14.9. The van der Waals surface area contributed by atoms with Crippen LogP contribution in [0.15, 0.2) is 58.4 Å². The normalized spacial score (nSPS) is 16.7. The van der Waals surface area contributed by atoms with Gasteiger partial charge in [0.25, 0.3) is 5.22 Å². The first-order valence-electron chi connectivity index (χ1n) is 6.84. The minimum atomic E-state index is -0.195. The van der Waals surface area contributed by atoms with Crippen LogP contribution in [0, 0.1) is 0 Å². The van der Waals surface area contributed by atoms with E-state index in [0.29, 0.717) is 17.5 Å². The molecule has 0 bridgehead atoms. The highest BCUT2D eigenvalue weighted by molar-refractivity contribution is 8.00. The van der Waals surface area contributed by atoms with E-state index in [1.54, 1.807) is 12.4 Å². The van der Waals surface area contributed by atoms with Crippen LogP contribution in [0.5, 0.6) is 0 Å². The Bertz CT molecular complexity index is 832. The summed E-state index contributed by atoms with van der Waals surface area (Å²) in [6.07, 6.45) is 4.05. The first-order chi connectivity index (χ1) is 10.8. The third-order valence-electron chi connectivity index (χ3n) is 3.54. The maximum atomic E-state index is 12.4. The van der Waals surface area contributed by atoms with Gasteiger partial charge in [0, 0.05) is 18.0 Å². The molecule has 0 saturated heterocycles. The van der Waals surface area contributed by atoms with Crippen LogP contribution >= 0.6 is 11.8 Å². The monoisotopic (exact) mass is 309 g/mol. The van der Waals surface area contributed by atoms with Crippen LogP contribution in [0.25, 0.3) is 11.5 Å². The van der Waals surface area contributed by atoms with Crippen molar-refractivity contribution in [2.75, 3.05) is 0 Å². The standard InChI is InChI=1S/C16H11N3O2S/c20-14-12-6-2-1-4-10(12)8-13(14)22-16-19-18-15(21-16)11-5-3-7-17-9-11/h1-7,9,13H,8H2/t13-/m1/s1. The van der Waals surface area contributed by atoms with Gasteiger partial charge in [-0.05, 0) is 24.1 Å². The first-order valence-corrected chi connectivity index (χ1v) is 7.72. The van der Waals surface area contributed by atoms with E-state index in [2.05, 4.69) is 15.2 Å². The first kappa shape index (κ1) is 13.2. The van der Waals surface area contributed by atoms with Crippen LogP contribution in [-0.4, -0.2) is 26.2 Å². The number of nitrogens with zero attached hydrogens (tertiary/aromatic N) is 3. The number of ketones is 1. The van der Waals surface area contributed by atoms with Crippen molar-refractivity contribution in [2.24, 2.45) is 0 Å². The summed E-state index contributed by atoms with van der Waals surface area (Å²) < 4.78 is 5.63. The smallest absolute Gasteiger partial charge is 0.277 e. The van der Waals surface area contributed by atoms with E-state index in [4.69, 9.17) is 4.42 Å². The molecule has 5 nitrogen and oxygen atoms in total. The molecule has 0 unspecified atom stereocenters. The van der Waals surface area contributed by atoms with E-state index < -0.39 is 0 Å². The van der Waals surface area contributed by atoms with Crippen molar-refractivity contribution in [3.8, 4) is 11.5 Å². The van der Waals surface area contributed by atoms with Gasteiger partial charge >= 0.3 is 0 Å². The molecule has 1 aliphatic rings. The predicted molar refractivity (Wildman–Crippen MR) is 81.7 cm³/mol. The van der Waals surface area contributed by atoms with Crippen LogP contribution in [-0.2, 0) is 6.42 Å². The van der Waals surface area contributed by atoms with E-state index in [0.717, 1.165) is 16.7 Å². The molecule has 3 aromatic rings. The Morgan fingerprint density at radius 1 is 1.14 bits per heavy atom. The second-order valence-electron chi connectivity index (χ2n) is 4.95. The van der Waals surface area contributed by atoms with E-state index in [1.807, 2.05) is 36.4 Å². The second kappa shape index (κ2) is 5.38. The maximum Gasteiger partial charge on any atom is 0.277 e. The molecule has 0 spiro atoms. The molecule has 4 rings (SSSR count). The van der Waals surface area contributed by atoms with Crippen molar-refractivity contribution < 1.29 is 9.21 Å². The average Bonchev–Trinajstić information content (AvgIpc) is 3.15. The molecule has 0 saturated carbocycles. The Hall–Kier alpha value is -2.47. The lowest BCUT2D eigenvalue weighted by atomic mass is 10.1. The van der Waals surface area contributed by atoms with Gasteiger partial charge < -0.3 is 4.42 Å². The summed E-state index contributed by atoms with van der Waals surface area (Å²) in [5.41, 5.74) is 2.65. The number of thioether (sulfide) groups is 1. The quantitative estimate of drug-likeness (QED) is 0.740. The topological polar surface area (TPSA) is 68.9 Å². The summed E-state index contributed by atoms with van der Waals surface area (Å²) in [6.45, 7) is 0. The van der Waals surface area contributed by atoms with Gasteiger partial charge in [-0.25, -0.2) is 0 Å². The third kappa shape index (κ3) is 2.31. The molecule has 1 aromatic carbocycles. The van der Waals surface area contributed by atoms with Crippen molar-refractivity contribution in [3.63, 3.8) is 0 Å². The van der Waals surface area contributed by atoms with Crippen molar-refractivity contribution in [3.05, 3.63) is 59.9 Å². The summed E-state index contributed by atoms with van der Waals surface area (Å²) in [5, 5.41) is 8.25. The van der Waals surface area contributed by atoms with E-state index in [1.165, 1.54) is 11.8 Å². The van der Waals surface area contributed by atoms with Crippen LogP contribution in [0.1, 0.15) is 15.9 Å². The van der Waals surface area contributed by atoms with Crippen LogP contribution < -0.4 is 0 Å². The number of fused-ring (bicyclic) bond motifs is 1. The lowest BCUT2D eigenvalue weighted by Crippen LogP contribution is -2.10. The Labute approximate surface area is 130 Å². The van der Waals surface area contributed by atoms with Gasteiger partial charge in [0.05, 0.1) is 10.8 Å². The molecule has 0 fully saturated rings. The number of aromatic nitrogens is 3.